The molecule has 0 aliphatic heterocycles. The van der Waals surface area contributed by atoms with Gasteiger partial charge in [0.1, 0.15) is 11.2 Å². The maximum absolute atomic E-state index is 6.16. The zero-order valence-electron chi connectivity index (χ0n) is 30.0. The molecule has 0 N–H and O–H groups in total. The lowest BCUT2D eigenvalue weighted by Crippen LogP contribution is -2.00. The van der Waals surface area contributed by atoms with Gasteiger partial charge in [-0.3, -0.25) is 0 Å². The number of aromatic nitrogens is 5. The largest absolute Gasteiger partial charge is 0.456 e. The van der Waals surface area contributed by atoms with E-state index in [2.05, 4.69) is 127 Å². The summed E-state index contributed by atoms with van der Waals surface area (Å²) < 4.78 is 10.9. The van der Waals surface area contributed by atoms with Crippen molar-refractivity contribution in [3.05, 3.63) is 164 Å². The molecule has 7 aromatic carbocycles. The fourth-order valence-electron chi connectivity index (χ4n) is 7.77. The van der Waals surface area contributed by atoms with Crippen molar-refractivity contribution in [2.24, 2.45) is 0 Å². The van der Waals surface area contributed by atoms with Gasteiger partial charge in [-0.05, 0) is 54.6 Å². The standard InChI is InChI=1S/C49H27N5OS2/c1-2-10-28(11-3-1)43-45-44(35-14-6-9-17-41(35)57-45)51-46(50-43)29-18-20-30(21-19-29)47-52-48(31-22-24-39-36(26-31)33-12-4-7-15-38(33)55-39)54-49(53-47)32-23-25-42-37(27-32)34-13-5-8-16-40(34)56-42/h1-27H. The van der Waals surface area contributed by atoms with Gasteiger partial charge in [0.15, 0.2) is 23.3 Å². The first-order chi connectivity index (χ1) is 28.2. The SMILES string of the molecule is c1ccc(-c2nc(-c3ccc(-c4nc(-c5ccc6oc7ccccc7c6c5)nc(-c5ccc6sc7ccccc7c6c5)n4)cc3)nc3c2sc2ccccc23)cc1. The molecule has 12 aromatic rings. The zero-order chi connectivity index (χ0) is 37.5. The highest BCUT2D eigenvalue weighted by atomic mass is 32.1. The van der Waals surface area contributed by atoms with Crippen LogP contribution in [0, 0.1) is 0 Å². The Bertz CT molecular complexity index is 3400. The van der Waals surface area contributed by atoms with E-state index in [1.165, 1.54) is 24.9 Å². The van der Waals surface area contributed by atoms with Crippen LogP contribution in [-0.2, 0) is 0 Å². The molecule has 0 aliphatic rings. The molecular formula is C49H27N5OS2. The van der Waals surface area contributed by atoms with Gasteiger partial charge in [-0.25, -0.2) is 24.9 Å². The number of hydrogen-bond donors (Lipinski definition) is 0. The summed E-state index contributed by atoms with van der Waals surface area (Å²) in [6.07, 6.45) is 0. The van der Waals surface area contributed by atoms with Crippen LogP contribution in [0.25, 0.3) is 119 Å². The first kappa shape index (κ1) is 32.1. The zero-order valence-corrected chi connectivity index (χ0v) is 31.7. The Morgan fingerprint density at radius 2 is 0.860 bits per heavy atom. The number of nitrogens with zero attached hydrogens (tertiary/aromatic N) is 5. The van der Waals surface area contributed by atoms with Crippen LogP contribution in [0.3, 0.4) is 0 Å². The van der Waals surface area contributed by atoms with Crippen molar-refractivity contribution in [2.75, 3.05) is 0 Å². The third kappa shape index (κ3) is 5.33. The smallest absolute Gasteiger partial charge is 0.164 e. The summed E-state index contributed by atoms with van der Waals surface area (Å²) in [5.41, 5.74) is 8.24. The topological polar surface area (TPSA) is 77.6 Å². The van der Waals surface area contributed by atoms with Gasteiger partial charge in [-0.1, -0.05) is 109 Å². The Morgan fingerprint density at radius 3 is 1.61 bits per heavy atom. The summed E-state index contributed by atoms with van der Waals surface area (Å²) in [4.78, 5) is 25.7. The maximum Gasteiger partial charge on any atom is 0.164 e. The minimum atomic E-state index is 0.583. The van der Waals surface area contributed by atoms with Crippen LogP contribution < -0.4 is 0 Å². The van der Waals surface area contributed by atoms with Crippen molar-refractivity contribution >= 4 is 85.1 Å². The minimum absolute atomic E-state index is 0.583. The summed E-state index contributed by atoms with van der Waals surface area (Å²) in [6, 6.07) is 56.3. The van der Waals surface area contributed by atoms with E-state index in [0.29, 0.717) is 23.3 Å². The van der Waals surface area contributed by atoms with Crippen LogP contribution in [-0.4, -0.2) is 24.9 Å². The number of hydrogen-bond acceptors (Lipinski definition) is 8. The third-order valence-electron chi connectivity index (χ3n) is 10.6. The molecule has 0 unspecified atom stereocenters. The molecule has 0 atom stereocenters. The van der Waals surface area contributed by atoms with Gasteiger partial charge in [0.05, 0.1) is 15.9 Å². The van der Waals surface area contributed by atoms with Crippen LogP contribution in [0.2, 0.25) is 0 Å². The Morgan fingerprint density at radius 1 is 0.333 bits per heavy atom. The minimum Gasteiger partial charge on any atom is -0.456 e. The average Bonchev–Trinajstić information content (AvgIpc) is 3.97. The Hall–Kier alpha value is -7.13. The van der Waals surface area contributed by atoms with Gasteiger partial charge in [0.2, 0.25) is 0 Å². The van der Waals surface area contributed by atoms with Gasteiger partial charge in [-0.15, -0.1) is 22.7 Å². The highest BCUT2D eigenvalue weighted by Crippen LogP contribution is 2.40. The van der Waals surface area contributed by atoms with E-state index in [1.807, 2.05) is 36.4 Å². The highest BCUT2D eigenvalue weighted by Gasteiger charge is 2.19. The summed E-state index contributed by atoms with van der Waals surface area (Å²) in [5.74, 6) is 2.45. The first-order valence-corrected chi connectivity index (χ1v) is 20.3. The molecule has 0 saturated carbocycles. The molecule has 5 heterocycles. The van der Waals surface area contributed by atoms with E-state index in [0.717, 1.165) is 71.1 Å². The molecule has 0 spiro atoms. The molecule has 0 fully saturated rings. The third-order valence-corrected chi connectivity index (χ3v) is 12.9. The fourth-order valence-corrected chi connectivity index (χ4v) is 10.0. The fraction of sp³-hybridized carbons (Fsp3) is 0. The molecule has 6 nitrogen and oxygen atoms in total. The van der Waals surface area contributed by atoms with Gasteiger partial charge >= 0.3 is 0 Å². The van der Waals surface area contributed by atoms with Crippen LogP contribution in [0.1, 0.15) is 0 Å². The Balaban J connectivity index is 1.01. The monoisotopic (exact) mass is 765 g/mol. The second-order valence-electron chi connectivity index (χ2n) is 14.0. The molecule has 0 aliphatic carbocycles. The summed E-state index contributed by atoms with van der Waals surface area (Å²) in [6.45, 7) is 0. The predicted molar refractivity (Wildman–Crippen MR) is 236 cm³/mol. The quantitative estimate of drug-likeness (QED) is 0.174. The number of benzene rings is 7. The predicted octanol–water partition coefficient (Wildman–Crippen LogP) is 13.6. The van der Waals surface area contributed by atoms with Crippen LogP contribution in [0.4, 0.5) is 0 Å². The second kappa shape index (κ2) is 12.7. The molecule has 0 saturated heterocycles. The van der Waals surface area contributed by atoms with Gasteiger partial charge in [0, 0.05) is 68.8 Å². The molecule has 12 rings (SSSR count). The average molecular weight is 766 g/mol. The second-order valence-corrected chi connectivity index (χ2v) is 16.2. The number of fused-ring (bicyclic) bond motifs is 9. The van der Waals surface area contributed by atoms with Crippen molar-refractivity contribution in [3.8, 4) is 56.8 Å². The van der Waals surface area contributed by atoms with Crippen molar-refractivity contribution in [1.29, 1.82) is 0 Å². The van der Waals surface area contributed by atoms with Crippen molar-refractivity contribution < 1.29 is 4.42 Å². The van der Waals surface area contributed by atoms with E-state index in [-0.39, 0.29) is 0 Å². The summed E-state index contributed by atoms with van der Waals surface area (Å²) in [5, 5.41) is 5.63. The molecule has 266 valence electrons. The molecule has 57 heavy (non-hydrogen) atoms. The van der Waals surface area contributed by atoms with E-state index in [4.69, 9.17) is 29.3 Å². The molecule has 0 radical (unpaired) electrons. The van der Waals surface area contributed by atoms with Gasteiger partial charge < -0.3 is 4.42 Å². The molecule has 5 aromatic heterocycles. The first-order valence-electron chi connectivity index (χ1n) is 18.7. The van der Waals surface area contributed by atoms with E-state index in [1.54, 1.807) is 22.7 Å². The lowest BCUT2D eigenvalue weighted by Gasteiger charge is -2.10. The maximum atomic E-state index is 6.16. The number of para-hydroxylation sites is 1. The van der Waals surface area contributed by atoms with E-state index in [9.17, 15) is 0 Å². The van der Waals surface area contributed by atoms with Crippen LogP contribution in [0.15, 0.2) is 168 Å². The summed E-state index contributed by atoms with van der Waals surface area (Å²) in [7, 11) is 0. The molecule has 0 amide bonds. The van der Waals surface area contributed by atoms with Crippen LogP contribution in [0.5, 0.6) is 0 Å². The number of thiophene rings is 2. The molecule has 0 bridgehead atoms. The highest BCUT2D eigenvalue weighted by molar-refractivity contribution is 7.26. The molecular weight excluding hydrogens is 739 g/mol. The van der Waals surface area contributed by atoms with Crippen LogP contribution >= 0.6 is 22.7 Å². The number of furan rings is 1. The van der Waals surface area contributed by atoms with Gasteiger partial charge in [0.25, 0.3) is 0 Å². The van der Waals surface area contributed by atoms with Crippen molar-refractivity contribution in [3.63, 3.8) is 0 Å². The Labute approximate surface area is 333 Å². The van der Waals surface area contributed by atoms with Crippen molar-refractivity contribution in [1.82, 2.24) is 24.9 Å². The normalized spacial score (nSPS) is 11.9. The van der Waals surface area contributed by atoms with E-state index < -0.39 is 0 Å². The lowest BCUT2D eigenvalue weighted by atomic mass is 10.1. The lowest BCUT2D eigenvalue weighted by molar-refractivity contribution is 0.669. The van der Waals surface area contributed by atoms with Gasteiger partial charge in [-0.2, -0.15) is 0 Å². The van der Waals surface area contributed by atoms with E-state index >= 15 is 0 Å². The molecule has 8 heteroatoms. The van der Waals surface area contributed by atoms with Crippen molar-refractivity contribution in [2.45, 2.75) is 0 Å². The number of rotatable bonds is 5. The summed E-state index contributed by atoms with van der Waals surface area (Å²) >= 11 is 3.53. The Kier molecular flexibility index (Phi) is 7.17.